The van der Waals surface area contributed by atoms with Crippen LogP contribution in [0.3, 0.4) is 0 Å². The maximum Gasteiger partial charge on any atom is 0.271 e. The molecule has 26 heavy (non-hydrogen) atoms. The van der Waals surface area contributed by atoms with Crippen molar-refractivity contribution < 1.29 is 4.79 Å². The van der Waals surface area contributed by atoms with Gasteiger partial charge in [-0.05, 0) is 42.8 Å². The van der Waals surface area contributed by atoms with E-state index in [1.54, 1.807) is 9.58 Å². The largest absolute Gasteiger partial charge is 0.343 e. The van der Waals surface area contributed by atoms with Gasteiger partial charge in [-0.3, -0.25) is 9.48 Å². The van der Waals surface area contributed by atoms with E-state index in [9.17, 15) is 4.79 Å². The summed E-state index contributed by atoms with van der Waals surface area (Å²) in [7, 11) is 3.70. The van der Waals surface area contributed by atoms with Crippen LogP contribution in [0, 0.1) is 12.8 Å². The highest BCUT2D eigenvalue weighted by molar-refractivity contribution is 5.92. The summed E-state index contributed by atoms with van der Waals surface area (Å²) in [6.07, 6.45) is 0.888. The second-order valence-corrected chi connectivity index (χ2v) is 7.47. The summed E-state index contributed by atoms with van der Waals surface area (Å²) in [5.41, 5.74) is 4.06. The molecule has 3 rings (SSSR count). The lowest BCUT2D eigenvalue weighted by Crippen LogP contribution is -2.31. The number of fused-ring (bicyclic) bond motifs is 1. The molecule has 1 aromatic carbocycles. The Kier molecular flexibility index (Phi) is 5.16. The predicted molar refractivity (Wildman–Crippen MR) is 105 cm³/mol. The van der Waals surface area contributed by atoms with E-state index in [1.165, 1.54) is 16.6 Å². The summed E-state index contributed by atoms with van der Waals surface area (Å²) in [4.78, 5) is 14.6. The first-order valence-electron chi connectivity index (χ1n) is 9.20. The van der Waals surface area contributed by atoms with Crippen molar-refractivity contribution in [3.8, 4) is 0 Å². The molecule has 0 saturated carbocycles. The Hall–Kier alpha value is -2.56. The second-order valence-electron chi connectivity index (χ2n) is 7.47. The smallest absolute Gasteiger partial charge is 0.271 e. The van der Waals surface area contributed by atoms with Gasteiger partial charge in [0.15, 0.2) is 0 Å². The monoisotopic (exact) mass is 352 g/mol. The normalized spacial score (nSPS) is 11.5. The first-order valence-corrected chi connectivity index (χ1v) is 9.20. The fourth-order valence-electron chi connectivity index (χ4n) is 3.44. The van der Waals surface area contributed by atoms with Gasteiger partial charge in [-0.25, -0.2) is 0 Å². The van der Waals surface area contributed by atoms with Crippen molar-refractivity contribution in [3.63, 3.8) is 0 Å². The molecule has 0 aliphatic carbocycles. The molecule has 0 spiro atoms. The number of rotatable bonds is 6. The van der Waals surface area contributed by atoms with Crippen molar-refractivity contribution in [2.75, 3.05) is 13.6 Å². The fourth-order valence-corrected chi connectivity index (χ4v) is 3.44. The van der Waals surface area contributed by atoms with E-state index >= 15 is 0 Å². The summed E-state index contributed by atoms with van der Waals surface area (Å²) in [5, 5.41) is 5.72. The molecule has 0 aliphatic heterocycles. The third-order valence-electron chi connectivity index (χ3n) is 4.79. The molecule has 3 aromatic rings. The van der Waals surface area contributed by atoms with Crippen LogP contribution >= 0.6 is 0 Å². The maximum atomic E-state index is 12.8. The average molecular weight is 352 g/mol. The van der Waals surface area contributed by atoms with Crippen LogP contribution in [-0.4, -0.2) is 38.7 Å². The lowest BCUT2D eigenvalue weighted by molar-refractivity contribution is 0.0779. The molecule has 0 atom stereocenters. The van der Waals surface area contributed by atoms with Crippen LogP contribution < -0.4 is 0 Å². The molecule has 0 bridgehead atoms. The number of aryl methyl sites for hydroxylation is 2. The zero-order chi connectivity index (χ0) is 18.8. The topological polar surface area (TPSA) is 43.1 Å². The number of likely N-dealkylation sites (N-methyl/N-ethyl adjacent to an activating group) is 1. The van der Waals surface area contributed by atoms with Crippen LogP contribution in [0.15, 0.2) is 36.4 Å². The van der Waals surface area contributed by atoms with E-state index in [1.807, 2.05) is 20.2 Å². The molecule has 5 heteroatoms. The summed E-state index contributed by atoms with van der Waals surface area (Å²) in [6.45, 7) is 7.86. The zero-order valence-electron chi connectivity index (χ0n) is 16.4. The number of amides is 1. The lowest BCUT2D eigenvalue weighted by atomic mass is 10.1. The Morgan fingerprint density at radius 2 is 1.96 bits per heavy atom. The molecule has 0 N–H and O–H groups in total. The third-order valence-corrected chi connectivity index (χ3v) is 4.79. The quantitative estimate of drug-likeness (QED) is 0.679. The standard InChI is InChI=1S/C21H28N4O/c1-15(2)12-18-14-20(24(5)22-18)21(26)23(4)10-11-25-16(3)13-17-8-6-7-9-19(17)25/h6-9,13-15H,10-12H2,1-5H3. The molecule has 0 radical (unpaired) electrons. The Morgan fingerprint density at radius 3 is 2.69 bits per heavy atom. The number of aromatic nitrogens is 3. The van der Waals surface area contributed by atoms with Crippen LogP contribution in [0.25, 0.3) is 10.9 Å². The zero-order valence-corrected chi connectivity index (χ0v) is 16.4. The first-order chi connectivity index (χ1) is 12.4. The molecular weight excluding hydrogens is 324 g/mol. The molecule has 2 aromatic heterocycles. The van der Waals surface area contributed by atoms with E-state index in [0.29, 0.717) is 18.2 Å². The molecule has 0 aliphatic rings. The van der Waals surface area contributed by atoms with Gasteiger partial charge in [0.1, 0.15) is 5.69 Å². The number of para-hydroxylation sites is 1. The third kappa shape index (κ3) is 3.66. The minimum absolute atomic E-state index is 0.0177. The van der Waals surface area contributed by atoms with Crippen LogP contribution in [0.2, 0.25) is 0 Å². The average Bonchev–Trinajstić information content (AvgIpc) is 3.10. The van der Waals surface area contributed by atoms with Crippen molar-refractivity contribution in [2.45, 2.75) is 33.7 Å². The minimum Gasteiger partial charge on any atom is -0.343 e. The molecule has 2 heterocycles. The first kappa shape index (κ1) is 18.2. The molecule has 1 amide bonds. The number of benzene rings is 1. The van der Waals surface area contributed by atoms with Crippen molar-refractivity contribution in [1.29, 1.82) is 0 Å². The fraction of sp³-hybridized carbons (Fsp3) is 0.429. The van der Waals surface area contributed by atoms with Crippen LogP contribution in [0.5, 0.6) is 0 Å². The highest BCUT2D eigenvalue weighted by atomic mass is 16.2. The molecule has 5 nitrogen and oxygen atoms in total. The van der Waals surface area contributed by atoms with Gasteiger partial charge in [-0.1, -0.05) is 32.0 Å². The van der Waals surface area contributed by atoms with Crippen molar-refractivity contribution in [2.24, 2.45) is 13.0 Å². The van der Waals surface area contributed by atoms with Gasteiger partial charge in [-0.2, -0.15) is 5.10 Å². The van der Waals surface area contributed by atoms with E-state index in [4.69, 9.17) is 0 Å². The minimum atomic E-state index is 0.0177. The molecule has 0 saturated heterocycles. The van der Waals surface area contributed by atoms with Gasteiger partial charge in [0, 0.05) is 38.4 Å². The molecule has 138 valence electrons. The van der Waals surface area contributed by atoms with E-state index in [2.05, 4.69) is 60.8 Å². The highest BCUT2D eigenvalue weighted by Gasteiger charge is 2.18. The lowest BCUT2D eigenvalue weighted by Gasteiger charge is -2.18. The Morgan fingerprint density at radius 1 is 1.23 bits per heavy atom. The van der Waals surface area contributed by atoms with Gasteiger partial charge >= 0.3 is 0 Å². The summed E-state index contributed by atoms with van der Waals surface area (Å²) >= 11 is 0. The molecular formula is C21H28N4O. The SMILES string of the molecule is Cc1cc2ccccc2n1CCN(C)C(=O)c1cc(CC(C)C)nn1C. The van der Waals surface area contributed by atoms with Gasteiger partial charge in [0.2, 0.25) is 0 Å². The number of hydrogen-bond acceptors (Lipinski definition) is 2. The van der Waals surface area contributed by atoms with Crippen LogP contribution in [0.4, 0.5) is 0 Å². The summed E-state index contributed by atoms with van der Waals surface area (Å²) in [6, 6.07) is 12.5. The van der Waals surface area contributed by atoms with E-state index in [-0.39, 0.29) is 5.91 Å². The number of carbonyl (C=O) groups excluding carboxylic acids is 1. The van der Waals surface area contributed by atoms with Crippen molar-refractivity contribution in [1.82, 2.24) is 19.2 Å². The summed E-state index contributed by atoms with van der Waals surface area (Å²) in [5.74, 6) is 0.541. The van der Waals surface area contributed by atoms with Crippen molar-refractivity contribution >= 4 is 16.8 Å². The van der Waals surface area contributed by atoms with Crippen LogP contribution in [0.1, 0.15) is 35.7 Å². The maximum absolute atomic E-state index is 12.8. The number of hydrogen-bond donors (Lipinski definition) is 0. The van der Waals surface area contributed by atoms with Gasteiger partial charge in [0.25, 0.3) is 5.91 Å². The van der Waals surface area contributed by atoms with Gasteiger partial charge in [0.05, 0.1) is 5.69 Å². The number of nitrogens with zero attached hydrogens (tertiary/aromatic N) is 4. The molecule has 0 unspecified atom stereocenters. The Balaban J connectivity index is 1.71. The summed E-state index contributed by atoms with van der Waals surface area (Å²) < 4.78 is 3.97. The second kappa shape index (κ2) is 7.36. The Labute approximate surface area is 155 Å². The van der Waals surface area contributed by atoms with Crippen molar-refractivity contribution in [3.05, 3.63) is 53.5 Å². The Bertz CT molecular complexity index is 919. The van der Waals surface area contributed by atoms with Gasteiger partial charge < -0.3 is 9.47 Å². The van der Waals surface area contributed by atoms with E-state index < -0.39 is 0 Å². The molecule has 0 fully saturated rings. The predicted octanol–water partition coefficient (Wildman–Crippen LogP) is 3.65. The van der Waals surface area contributed by atoms with E-state index in [0.717, 1.165) is 18.7 Å². The van der Waals surface area contributed by atoms with Gasteiger partial charge in [-0.15, -0.1) is 0 Å². The van der Waals surface area contributed by atoms with Crippen LogP contribution in [-0.2, 0) is 20.0 Å². The number of carbonyl (C=O) groups is 1. The highest BCUT2D eigenvalue weighted by Crippen LogP contribution is 2.19.